The Kier molecular flexibility index (Phi) is 6.45. The van der Waals surface area contributed by atoms with Crippen molar-refractivity contribution < 1.29 is 71.3 Å². The smallest absolute Gasteiger partial charge is 0.325 e. The van der Waals surface area contributed by atoms with Gasteiger partial charge in [-0.3, -0.25) is 0 Å². The van der Waals surface area contributed by atoms with E-state index >= 15 is 0 Å². The third kappa shape index (κ3) is 11.8. The third-order valence-corrected chi connectivity index (χ3v) is 1.22. The van der Waals surface area contributed by atoms with Gasteiger partial charge in [-0.05, 0) is 0 Å². The maximum Gasteiger partial charge on any atom is 0.510 e. The second-order valence-corrected chi connectivity index (χ2v) is 2.99. The summed E-state index contributed by atoms with van der Waals surface area (Å²) in [5.74, 6) is 0. The zero-order valence-corrected chi connectivity index (χ0v) is 9.32. The Labute approximate surface area is 112 Å². The molecule has 18 heteroatoms. The average Bonchev–Trinajstić information content (AvgIpc) is 2.05. The molecule has 0 unspecified atom stereocenters. The van der Waals surface area contributed by atoms with E-state index in [9.17, 15) is 52.7 Å². The summed E-state index contributed by atoms with van der Waals surface area (Å²) in [7, 11) is -8.61. The van der Waals surface area contributed by atoms with E-state index in [0.29, 0.717) is 0 Å². The molecule has 0 N–H and O–H groups in total. The Morgan fingerprint density at radius 1 is 0.364 bits per heavy atom. The van der Waals surface area contributed by atoms with Crippen molar-refractivity contribution in [3.63, 3.8) is 0 Å². The highest BCUT2D eigenvalue weighted by Crippen LogP contribution is 2.30. The fourth-order valence-corrected chi connectivity index (χ4v) is 0.797. The Balaban J connectivity index is 5.40. The zero-order chi connectivity index (χ0) is 18.0. The van der Waals surface area contributed by atoms with Crippen LogP contribution in [0.2, 0.25) is 0 Å². The molecule has 0 aromatic heterocycles. The predicted molar refractivity (Wildman–Crippen MR) is 40.1 cm³/mol. The predicted octanol–water partition coefficient (Wildman–Crippen LogP) is 3.19. The minimum atomic E-state index is -6.10. The minimum Gasteiger partial charge on any atom is -0.325 e. The highest BCUT2D eigenvalue weighted by molar-refractivity contribution is 7.10. The molecule has 22 heavy (non-hydrogen) atoms. The fourth-order valence-electron chi connectivity index (χ4n) is 0.797. The lowest BCUT2D eigenvalue weighted by Gasteiger charge is -2.24. The molecule has 0 heterocycles. The first-order valence-corrected chi connectivity index (χ1v) is 4.36. The van der Waals surface area contributed by atoms with Gasteiger partial charge >= 0.3 is 39.5 Å². The highest BCUT2D eigenvalue weighted by Gasteiger charge is 2.59. The number of rotatable bonds is 5. The van der Waals surface area contributed by atoms with Crippen LogP contribution in [0.4, 0.5) is 52.7 Å². The summed E-state index contributed by atoms with van der Waals surface area (Å²) < 4.78 is 151. The van der Waals surface area contributed by atoms with Gasteiger partial charge in [0, 0.05) is 0 Å². The van der Waals surface area contributed by atoms with Crippen molar-refractivity contribution in [1.82, 2.24) is 0 Å². The largest absolute Gasteiger partial charge is 0.510 e. The van der Waals surface area contributed by atoms with Crippen LogP contribution in [0.3, 0.4) is 0 Å². The Morgan fingerprint density at radius 3 is 0.591 bits per heavy atom. The van der Waals surface area contributed by atoms with Crippen LogP contribution in [0.5, 0.6) is 0 Å². The van der Waals surface area contributed by atoms with Gasteiger partial charge in [-0.25, -0.2) is 0 Å². The molecule has 0 radical (unpaired) electrons. The van der Waals surface area contributed by atoms with Crippen molar-refractivity contribution in [3.8, 4) is 0 Å². The van der Waals surface area contributed by atoms with E-state index in [1.807, 2.05) is 0 Å². The van der Waals surface area contributed by atoms with E-state index < -0.39 is 39.5 Å². The molecule has 4 nitrogen and oxygen atoms in total. The maximum atomic E-state index is 11.8. The summed E-state index contributed by atoms with van der Waals surface area (Å²) >= 11 is 0. The van der Waals surface area contributed by atoms with Crippen molar-refractivity contribution in [1.29, 1.82) is 0 Å². The van der Waals surface area contributed by atoms with E-state index in [1.165, 1.54) is 0 Å². The third-order valence-electron chi connectivity index (χ3n) is 1.22. The second-order valence-electron chi connectivity index (χ2n) is 2.99. The summed E-state index contributed by atoms with van der Waals surface area (Å²) in [5.41, 5.74) is 0. The highest BCUT2D eigenvalue weighted by atomic mass is 19.4. The molecule has 0 aliphatic heterocycles. The Hall–Kier alpha value is -0.870. The van der Waals surface area contributed by atoms with Crippen molar-refractivity contribution in [2.75, 3.05) is 0 Å². The molecule has 0 saturated heterocycles. The van der Waals surface area contributed by atoms with E-state index in [0.717, 1.165) is 0 Å². The van der Waals surface area contributed by atoms with E-state index in [4.69, 9.17) is 0 Å². The number of hydrogen-bond acceptors (Lipinski definition) is 4. The van der Waals surface area contributed by atoms with Crippen molar-refractivity contribution in [2.45, 2.75) is 25.4 Å². The van der Waals surface area contributed by atoms with E-state index in [2.05, 4.69) is 18.6 Å². The van der Waals surface area contributed by atoms with Crippen LogP contribution in [-0.2, 0) is 18.6 Å². The minimum absolute atomic E-state index is 2.38. The van der Waals surface area contributed by atoms with Gasteiger partial charge in [0.2, 0.25) is 0 Å². The Bertz CT molecular complexity index is 279. The normalized spacial score (nSPS) is 14.2. The summed E-state index contributed by atoms with van der Waals surface area (Å²) in [6.45, 7) is 0. The lowest BCUT2D eigenvalue weighted by molar-refractivity contribution is -0.330. The molecular formula is C4B2F12O4. The number of halogens is 12. The van der Waals surface area contributed by atoms with Crippen LogP contribution in [0, 0.1) is 0 Å². The van der Waals surface area contributed by atoms with Crippen LogP contribution >= 0.6 is 0 Å². The lowest BCUT2D eigenvalue weighted by Crippen LogP contribution is -2.54. The van der Waals surface area contributed by atoms with Crippen molar-refractivity contribution >= 4 is 14.0 Å². The van der Waals surface area contributed by atoms with Gasteiger partial charge in [0.05, 0.1) is 0 Å². The molecule has 0 aliphatic rings. The van der Waals surface area contributed by atoms with Crippen LogP contribution < -0.4 is 0 Å². The SMILES string of the molecule is FC(F)(F)OB(OC(F)(F)F)B(OC(F)(F)F)OC(F)(F)F. The van der Waals surface area contributed by atoms with Gasteiger partial charge in [0.15, 0.2) is 0 Å². The van der Waals surface area contributed by atoms with E-state index in [-0.39, 0.29) is 0 Å². The number of alkyl halides is 12. The molecule has 0 aliphatic carbocycles. The van der Waals surface area contributed by atoms with Crippen molar-refractivity contribution in [2.24, 2.45) is 0 Å². The first kappa shape index (κ1) is 21.1. The summed E-state index contributed by atoms with van der Waals surface area (Å²) in [6, 6.07) is 0. The Morgan fingerprint density at radius 2 is 0.500 bits per heavy atom. The van der Waals surface area contributed by atoms with Gasteiger partial charge in [-0.1, -0.05) is 0 Å². The van der Waals surface area contributed by atoms with Gasteiger partial charge in [0.1, 0.15) is 0 Å². The molecule has 0 fully saturated rings. The van der Waals surface area contributed by atoms with Crippen LogP contribution in [0.25, 0.3) is 0 Å². The first-order valence-electron chi connectivity index (χ1n) is 4.36. The zero-order valence-electron chi connectivity index (χ0n) is 9.32. The van der Waals surface area contributed by atoms with E-state index in [1.54, 1.807) is 0 Å². The summed E-state index contributed by atoms with van der Waals surface area (Å²) in [6.07, 6.45) is -24.4. The molecule has 0 saturated carbocycles. The maximum absolute atomic E-state index is 11.8. The molecule has 130 valence electrons. The van der Waals surface area contributed by atoms with Gasteiger partial charge < -0.3 is 18.6 Å². The summed E-state index contributed by atoms with van der Waals surface area (Å²) in [5, 5.41) is 0. The van der Waals surface area contributed by atoms with Crippen LogP contribution in [0.1, 0.15) is 0 Å². The average molecular weight is 362 g/mol. The molecule has 0 aromatic carbocycles. The topological polar surface area (TPSA) is 36.9 Å². The molecule has 0 aromatic rings. The lowest BCUT2D eigenvalue weighted by atomic mass is 9.48. The molecule has 0 rings (SSSR count). The fraction of sp³-hybridized carbons (Fsp3) is 1.00. The molecule has 0 bridgehead atoms. The second kappa shape index (κ2) is 6.71. The van der Waals surface area contributed by atoms with Crippen LogP contribution in [0.15, 0.2) is 0 Å². The quantitative estimate of drug-likeness (QED) is 0.557. The molecule has 0 amide bonds. The van der Waals surface area contributed by atoms with Gasteiger partial charge in [0.25, 0.3) is 0 Å². The molecule has 0 atom stereocenters. The molecular weight excluding hydrogens is 362 g/mol. The van der Waals surface area contributed by atoms with Gasteiger partial charge in [-0.15, -0.1) is 52.7 Å². The standard InChI is InChI=1S/C4B2F12O4/c7-1(8,9)19-5(20-2(10,11)12)6(21-3(13,14)15)22-4(16,17)18. The first-order chi connectivity index (χ1) is 9.38. The summed E-state index contributed by atoms with van der Waals surface area (Å²) in [4.78, 5) is 0. The number of hydrogen-bond donors (Lipinski definition) is 0. The van der Waals surface area contributed by atoms with Gasteiger partial charge in [-0.2, -0.15) is 0 Å². The monoisotopic (exact) mass is 362 g/mol. The van der Waals surface area contributed by atoms with Crippen molar-refractivity contribution in [3.05, 3.63) is 0 Å². The van der Waals surface area contributed by atoms with Crippen LogP contribution in [-0.4, -0.2) is 39.5 Å². The molecule has 0 spiro atoms.